The average molecular weight is 334 g/mol. The number of benzene rings is 2. The Kier molecular flexibility index (Phi) is 5.23. The topological polar surface area (TPSA) is 55.5 Å². The van der Waals surface area contributed by atoms with Gasteiger partial charge in [-0.25, -0.2) is 0 Å². The molecule has 0 spiro atoms. The standard InChI is InChI=1S/C19H24ClNO2/c1-5-23-18(12-6-8-14(20)9-7-12)15-10-13(19(2,3)4)11-16(21)17(15)22/h6-11,18,22H,5,21H2,1-4H3. The zero-order valence-electron chi connectivity index (χ0n) is 14.1. The van der Waals surface area contributed by atoms with E-state index in [0.29, 0.717) is 22.9 Å². The van der Waals surface area contributed by atoms with Crippen LogP contribution in [-0.2, 0) is 10.2 Å². The first-order valence-electron chi connectivity index (χ1n) is 7.74. The van der Waals surface area contributed by atoms with E-state index in [1.54, 1.807) is 0 Å². The van der Waals surface area contributed by atoms with E-state index in [0.717, 1.165) is 11.1 Å². The minimum absolute atomic E-state index is 0.0754. The minimum atomic E-state index is -0.387. The van der Waals surface area contributed by atoms with Crippen molar-refractivity contribution in [3.8, 4) is 5.75 Å². The summed E-state index contributed by atoms with van der Waals surface area (Å²) < 4.78 is 5.90. The third-order valence-corrected chi connectivity index (χ3v) is 4.08. The Bertz CT molecular complexity index is 675. The molecule has 0 heterocycles. The molecule has 0 aliphatic carbocycles. The van der Waals surface area contributed by atoms with Gasteiger partial charge in [0.1, 0.15) is 11.9 Å². The summed E-state index contributed by atoms with van der Waals surface area (Å²) in [6.07, 6.45) is -0.387. The summed E-state index contributed by atoms with van der Waals surface area (Å²) in [6.45, 7) is 8.78. The summed E-state index contributed by atoms with van der Waals surface area (Å²) in [5.74, 6) is 0.0754. The van der Waals surface area contributed by atoms with E-state index in [2.05, 4.69) is 20.8 Å². The lowest BCUT2D eigenvalue weighted by molar-refractivity contribution is 0.0895. The van der Waals surface area contributed by atoms with Crippen molar-refractivity contribution in [1.29, 1.82) is 0 Å². The molecule has 0 aliphatic heterocycles. The number of nitrogen functional groups attached to an aromatic ring is 1. The molecule has 2 aromatic carbocycles. The van der Waals surface area contributed by atoms with Crippen molar-refractivity contribution in [2.24, 2.45) is 0 Å². The molecule has 0 fully saturated rings. The van der Waals surface area contributed by atoms with Gasteiger partial charge < -0.3 is 15.6 Å². The summed E-state index contributed by atoms with van der Waals surface area (Å²) in [5, 5.41) is 11.1. The molecule has 0 amide bonds. The fourth-order valence-electron chi connectivity index (χ4n) is 2.48. The van der Waals surface area contributed by atoms with Crippen LogP contribution >= 0.6 is 11.6 Å². The Labute approximate surface area is 143 Å². The third kappa shape index (κ3) is 3.98. The van der Waals surface area contributed by atoms with Gasteiger partial charge in [0.05, 0.1) is 5.69 Å². The van der Waals surface area contributed by atoms with Gasteiger partial charge in [-0.05, 0) is 47.7 Å². The van der Waals surface area contributed by atoms with Crippen LogP contribution in [0.5, 0.6) is 5.75 Å². The Morgan fingerprint density at radius 2 is 1.78 bits per heavy atom. The largest absolute Gasteiger partial charge is 0.505 e. The Morgan fingerprint density at radius 1 is 1.17 bits per heavy atom. The second kappa shape index (κ2) is 6.81. The number of halogens is 1. The zero-order valence-corrected chi connectivity index (χ0v) is 14.8. The summed E-state index contributed by atoms with van der Waals surface area (Å²) in [4.78, 5) is 0. The molecule has 2 rings (SSSR count). The maximum absolute atomic E-state index is 10.5. The maximum Gasteiger partial charge on any atom is 0.144 e. The van der Waals surface area contributed by atoms with Crippen LogP contribution in [0.1, 0.15) is 50.5 Å². The van der Waals surface area contributed by atoms with Crippen molar-refractivity contribution in [3.63, 3.8) is 0 Å². The lowest BCUT2D eigenvalue weighted by Gasteiger charge is -2.25. The average Bonchev–Trinajstić information content (AvgIpc) is 2.48. The van der Waals surface area contributed by atoms with E-state index in [4.69, 9.17) is 22.1 Å². The zero-order chi connectivity index (χ0) is 17.2. The van der Waals surface area contributed by atoms with Crippen LogP contribution in [0.15, 0.2) is 36.4 Å². The summed E-state index contributed by atoms with van der Waals surface area (Å²) >= 11 is 5.97. The first-order valence-corrected chi connectivity index (χ1v) is 8.11. The molecule has 3 nitrogen and oxygen atoms in total. The molecule has 0 radical (unpaired) electrons. The second-order valence-corrected chi connectivity index (χ2v) is 7.08. The van der Waals surface area contributed by atoms with E-state index in [1.807, 2.05) is 43.3 Å². The van der Waals surface area contributed by atoms with Gasteiger partial charge >= 0.3 is 0 Å². The third-order valence-electron chi connectivity index (χ3n) is 3.82. The number of ether oxygens (including phenoxy) is 1. The van der Waals surface area contributed by atoms with Gasteiger partial charge in [0.15, 0.2) is 0 Å². The Balaban J connectivity index is 2.58. The highest BCUT2D eigenvalue weighted by atomic mass is 35.5. The van der Waals surface area contributed by atoms with Gasteiger partial charge in [-0.3, -0.25) is 0 Å². The van der Waals surface area contributed by atoms with Gasteiger partial charge in [-0.2, -0.15) is 0 Å². The molecule has 3 N–H and O–H groups in total. The summed E-state index contributed by atoms with van der Waals surface area (Å²) in [7, 11) is 0. The van der Waals surface area contributed by atoms with Gasteiger partial charge in [-0.1, -0.05) is 44.5 Å². The van der Waals surface area contributed by atoms with E-state index >= 15 is 0 Å². The molecule has 1 unspecified atom stereocenters. The predicted octanol–water partition coefficient (Wildman–Crippen LogP) is 5.05. The quantitative estimate of drug-likeness (QED) is 0.608. The molecular formula is C19H24ClNO2. The van der Waals surface area contributed by atoms with Crippen molar-refractivity contribution < 1.29 is 9.84 Å². The highest BCUT2D eigenvalue weighted by Crippen LogP contribution is 2.39. The number of anilines is 1. The molecule has 0 bridgehead atoms. The van der Waals surface area contributed by atoms with Gasteiger partial charge in [0.2, 0.25) is 0 Å². The summed E-state index contributed by atoms with van der Waals surface area (Å²) in [6, 6.07) is 11.2. The van der Waals surface area contributed by atoms with Crippen molar-refractivity contribution >= 4 is 17.3 Å². The number of phenolic OH excluding ortho intramolecular Hbond substituents is 1. The van der Waals surface area contributed by atoms with Crippen molar-refractivity contribution in [1.82, 2.24) is 0 Å². The number of phenols is 1. The van der Waals surface area contributed by atoms with E-state index in [-0.39, 0.29) is 17.3 Å². The first kappa shape index (κ1) is 17.6. The Morgan fingerprint density at radius 3 is 2.30 bits per heavy atom. The molecule has 23 heavy (non-hydrogen) atoms. The van der Waals surface area contributed by atoms with Crippen molar-refractivity contribution in [2.75, 3.05) is 12.3 Å². The number of nitrogens with two attached hydrogens (primary N) is 1. The van der Waals surface area contributed by atoms with Gasteiger partial charge in [0, 0.05) is 17.2 Å². The maximum atomic E-state index is 10.5. The van der Waals surface area contributed by atoms with E-state index < -0.39 is 0 Å². The summed E-state index contributed by atoms with van der Waals surface area (Å²) in [5.41, 5.74) is 8.98. The number of hydrogen-bond donors (Lipinski definition) is 2. The van der Waals surface area contributed by atoms with E-state index in [9.17, 15) is 5.11 Å². The van der Waals surface area contributed by atoms with Crippen molar-refractivity contribution in [3.05, 3.63) is 58.1 Å². The second-order valence-electron chi connectivity index (χ2n) is 6.64. The lowest BCUT2D eigenvalue weighted by atomic mass is 9.84. The SMILES string of the molecule is CCOC(c1ccc(Cl)cc1)c1cc(C(C)(C)C)cc(N)c1O. The lowest BCUT2D eigenvalue weighted by Crippen LogP contribution is -2.14. The number of aromatic hydroxyl groups is 1. The molecule has 2 aromatic rings. The fraction of sp³-hybridized carbons (Fsp3) is 0.368. The predicted molar refractivity (Wildman–Crippen MR) is 96.1 cm³/mol. The van der Waals surface area contributed by atoms with Gasteiger partial charge in [-0.15, -0.1) is 0 Å². The van der Waals surface area contributed by atoms with Crippen LogP contribution in [0.25, 0.3) is 0 Å². The van der Waals surface area contributed by atoms with Crippen molar-refractivity contribution in [2.45, 2.75) is 39.2 Å². The number of hydrogen-bond acceptors (Lipinski definition) is 3. The van der Waals surface area contributed by atoms with Crippen LogP contribution in [0, 0.1) is 0 Å². The highest BCUT2D eigenvalue weighted by molar-refractivity contribution is 6.30. The smallest absolute Gasteiger partial charge is 0.144 e. The van der Waals surface area contributed by atoms with Crippen LogP contribution in [0.2, 0.25) is 5.02 Å². The molecule has 0 saturated heterocycles. The van der Waals surface area contributed by atoms with Crippen LogP contribution < -0.4 is 5.73 Å². The molecule has 4 heteroatoms. The first-order chi connectivity index (χ1) is 10.7. The number of rotatable bonds is 4. The molecule has 0 aromatic heterocycles. The molecule has 124 valence electrons. The van der Waals surface area contributed by atoms with Crippen LogP contribution in [-0.4, -0.2) is 11.7 Å². The normalized spacial score (nSPS) is 13.1. The minimum Gasteiger partial charge on any atom is -0.505 e. The molecular weight excluding hydrogens is 310 g/mol. The highest BCUT2D eigenvalue weighted by Gasteiger charge is 2.24. The fourth-order valence-corrected chi connectivity index (χ4v) is 2.61. The Hall–Kier alpha value is -1.71. The monoisotopic (exact) mass is 333 g/mol. The molecule has 1 atom stereocenters. The van der Waals surface area contributed by atoms with Crippen LogP contribution in [0.3, 0.4) is 0 Å². The van der Waals surface area contributed by atoms with Crippen LogP contribution in [0.4, 0.5) is 5.69 Å². The van der Waals surface area contributed by atoms with E-state index in [1.165, 1.54) is 0 Å². The molecule has 0 aliphatic rings. The molecule has 0 saturated carbocycles. The van der Waals surface area contributed by atoms with Gasteiger partial charge in [0.25, 0.3) is 0 Å².